The summed E-state index contributed by atoms with van der Waals surface area (Å²) in [6.45, 7) is 3.73. The number of hydrogen-bond acceptors (Lipinski definition) is 5. The minimum atomic E-state index is -3.50. The van der Waals surface area contributed by atoms with Gasteiger partial charge in [0.05, 0.1) is 16.2 Å². The normalized spacial score (nSPS) is 11.5. The summed E-state index contributed by atoms with van der Waals surface area (Å²) in [6, 6.07) is 5.19. The molecule has 0 aliphatic carbocycles. The number of sulfone groups is 1. The second kappa shape index (κ2) is 5.34. The van der Waals surface area contributed by atoms with Crippen LogP contribution in [0, 0.1) is 13.8 Å². The fourth-order valence-corrected chi connectivity index (χ4v) is 4.19. The van der Waals surface area contributed by atoms with Crippen molar-refractivity contribution in [3.8, 4) is 0 Å². The summed E-state index contributed by atoms with van der Waals surface area (Å²) in [6.07, 6.45) is 0. The van der Waals surface area contributed by atoms with E-state index in [2.05, 4.69) is 4.98 Å². The molecule has 1 heterocycles. The highest BCUT2D eigenvalue weighted by Gasteiger charge is 2.18. The van der Waals surface area contributed by atoms with E-state index in [4.69, 9.17) is 5.11 Å². The number of aromatic nitrogens is 1. The maximum Gasteiger partial charge on any atom is 0.335 e. The van der Waals surface area contributed by atoms with Crippen LogP contribution in [-0.4, -0.2) is 24.5 Å². The minimum Gasteiger partial charge on any atom is -0.478 e. The Balaban J connectivity index is 2.28. The lowest BCUT2D eigenvalue weighted by Crippen LogP contribution is -2.05. The second-order valence-corrected chi connectivity index (χ2v) is 7.62. The largest absolute Gasteiger partial charge is 0.478 e. The van der Waals surface area contributed by atoms with Crippen molar-refractivity contribution < 1.29 is 18.3 Å². The van der Waals surface area contributed by atoms with E-state index >= 15 is 0 Å². The third-order valence-electron chi connectivity index (χ3n) is 2.85. The molecule has 0 fully saturated rings. The summed E-state index contributed by atoms with van der Waals surface area (Å²) in [5.74, 6) is -1.25. The number of carbonyl (C=O) groups is 1. The molecule has 2 aromatic rings. The van der Waals surface area contributed by atoms with Gasteiger partial charge in [0, 0.05) is 4.88 Å². The summed E-state index contributed by atoms with van der Waals surface area (Å²) < 4.78 is 24.4. The topological polar surface area (TPSA) is 84.3 Å². The van der Waals surface area contributed by atoms with Gasteiger partial charge in [-0.05, 0) is 38.1 Å². The summed E-state index contributed by atoms with van der Waals surface area (Å²) in [5.41, 5.74) is 0.895. The van der Waals surface area contributed by atoms with E-state index in [-0.39, 0.29) is 16.2 Å². The Bertz CT molecular complexity index is 726. The first kappa shape index (κ1) is 14.7. The third kappa shape index (κ3) is 3.05. The lowest BCUT2D eigenvalue weighted by atomic mass is 10.2. The lowest BCUT2D eigenvalue weighted by molar-refractivity contribution is 0.0696. The van der Waals surface area contributed by atoms with E-state index in [1.54, 1.807) is 0 Å². The van der Waals surface area contributed by atoms with Gasteiger partial charge < -0.3 is 5.11 Å². The van der Waals surface area contributed by atoms with E-state index in [1.807, 2.05) is 13.8 Å². The Morgan fingerprint density at radius 1 is 1.25 bits per heavy atom. The number of aryl methyl sites for hydroxylation is 2. The molecule has 0 saturated carbocycles. The predicted molar refractivity (Wildman–Crippen MR) is 75.9 cm³/mol. The van der Waals surface area contributed by atoms with Crippen molar-refractivity contribution >= 4 is 27.1 Å². The number of benzene rings is 1. The molecule has 0 unspecified atom stereocenters. The first-order valence-corrected chi connectivity index (χ1v) is 8.25. The molecule has 0 atom stereocenters. The number of carboxylic acids is 1. The van der Waals surface area contributed by atoms with E-state index in [9.17, 15) is 13.2 Å². The summed E-state index contributed by atoms with van der Waals surface area (Å²) in [5, 5.41) is 9.33. The maximum absolute atomic E-state index is 12.2. The molecule has 20 heavy (non-hydrogen) atoms. The van der Waals surface area contributed by atoms with Crippen LogP contribution in [0.5, 0.6) is 0 Å². The third-order valence-corrected chi connectivity index (χ3v) is 5.75. The molecule has 0 aliphatic rings. The van der Waals surface area contributed by atoms with E-state index in [0.29, 0.717) is 5.01 Å². The minimum absolute atomic E-state index is 0.0601. The molecule has 2 rings (SSSR count). The Kier molecular flexibility index (Phi) is 3.92. The van der Waals surface area contributed by atoms with Crippen molar-refractivity contribution in [1.29, 1.82) is 0 Å². The van der Waals surface area contributed by atoms with Gasteiger partial charge in [0.1, 0.15) is 10.8 Å². The molecule has 1 N–H and O–H groups in total. The Morgan fingerprint density at radius 2 is 1.85 bits per heavy atom. The van der Waals surface area contributed by atoms with Crippen LogP contribution in [0.1, 0.15) is 25.9 Å². The molecule has 0 spiro atoms. The van der Waals surface area contributed by atoms with Gasteiger partial charge in [-0.3, -0.25) is 0 Å². The van der Waals surface area contributed by atoms with Gasteiger partial charge >= 0.3 is 5.97 Å². The fourth-order valence-electron chi connectivity index (χ4n) is 1.65. The van der Waals surface area contributed by atoms with Gasteiger partial charge in [-0.1, -0.05) is 0 Å². The average molecular weight is 311 g/mol. The molecule has 1 aromatic heterocycles. The number of nitrogens with zero attached hydrogens (tertiary/aromatic N) is 1. The molecule has 0 radical (unpaired) electrons. The van der Waals surface area contributed by atoms with Crippen molar-refractivity contribution in [1.82, 2.24) is 4.98 Å². The van der Waals surface area contributed by atoms with E-state index < -0.39 is 15.8 Å². The number of aromatic carboxylic acids is 1. The van der Waals surface area contributed by atoms with Gasteiger partial charge in [-0.2, -0.15) is 0 Å². The van der Waals surface area contributed by atoms with Crippen molar-refractivity contribution in [3.63, 3.8) is 0 Å². The van der Waals surface area contributed by atoms with Crippen molar-refractivity contribution in [2.45, 2.75) is 24.5 Å². The lowest BCUT2D eigenvalue weighted by Gasteiger charge is -2.02. The molecular formula is C13H13NO4S2. The number of hydrogen-bond donors (Lipinski definition) is 1. The van der Waals surface area contributed by atoms with Gasteiger partial charge in [0.25, 0.3) is 0 Å². The quantitative estimate of drug-likeness (QED) is 0.937. The van der Waals surface area contributed by atoms with Gasteiger partial charge in [-0.25, -0.2) is 18.2 Å². The van der Waals surface area contributed by atoms with Crippen LogP contribution in [-0.2, 0) is 15.6 Å². The van der Waals surface area contributed by atoms with Crippen molar-refractivity contribution in [2.75, 3.05) is 0 Å². The standard InChI is InChI=1S/C13H13NO4S2/c1-8-9(2)19-12(14-8)7-20(17,18)11-5-3-10(4-6-11)13(15)16/h3-6H,7H2,1-2H3,(H,15,16). The van der Waals surface area contributed by atoms with Crippen LogP contribution in [0.3, 0.4) is 0 Å². The van der Waals surface area contributed by atoms with Crippen LogP contribution in [0.25, 0.3) is 0 Å². The van der Waals surface area contributed by atoms with Crippen LogP contribution in [0.15, 0.2) is 29.2 Å². The highest BCUT2D eigenvalue weighted by molar-refractivity contribution is 7.90. The Morgan fingerprint density at radius 3 is 2.30 bits per heavy atom. The SMILES string of the molecule is Cc1nc(CS(=O)(=O)c2ccc(C(=O)O)cc2)sc1C. The molecule has 5 nitrogen and oxygen atoms in total. The van der Waals surface area contributed by atoms with Gasteiger partial charge in [0.15, 0.2) is 9.84 Å². The monoisotopic (exact) mass is 311 g/mol. The number of rotatable bonds is 4. The summed E-state index contributed by atoms with van der Waals surface area (Å²) in [4.78, 5) is 16.0. The zero-order valence-corrected chi connectivity index (χ0v) is 12.6. The van der Waals surface area contributed by atoms with Crippen LogP contribution >= 0.6 is 11.3 Å². The number of thiazole rings is 1. The smallest absolute Gasteiger partial charge is 0.335 e. The average Bonchev–Trinajstić information content (AvgIpc) is 2.67. The molecule has 0 bridgehead atoms. The first-order chi connectivity index (χ1) is 9.29. The molecule has 0 amide bonds. The molecule has 106 valence electrons. The molecule has 1 aromatic carbocycles. The molecule has 0 saturated heterocycles. The highest BCUT2D eigenvalue weighted by atomic mass is 32.2. The summed E-state index contributed by atoms with van der Waals surface area (Å²) in [7, 11) is -3.50. The Hall–Kier alpha value is -1.73. The van der Waals surface area contributed by atoms with E-state index in [1.165, 1.54) is 35.6 Å². The first-order valence-electron chi connectivity index (χ1n) is 5.78. The molecule has 7 heteroatoms. The van der Waals surface area contributed by atoms with Crippen LogP contribution in [0.4, 0.5) is 0 Å². The summed E-state index contributed by atoms with van der Waals surface area (Å²) >= 11 is 1.36. The van der Waals surface area contributed by atoms with Crippen molar-refractivity contribution in [2.24, 2.45) is 0 Å². The second-order valence-electron chi connectivity index (χ2n) is 4.34. The van der Waals surface area contributed by atoms with Gasteiger partial charge in [0.2, 0.25) is 0 Å². The zero-order valence-electron chi connectivity index (χ0n) is 11.0. The van der Waals surface area contributed by atoms with Gasteiger partial charge in [-0.15, -0.1) is 11.3 Å². The maximum atomic E-state index is 12.2. The van der Waals surface area contributed by atoms with Crippen LogP contribution in [0.2, 0.25) is 0 Å². The van der Waals surface area contributed by atoms with Crippen molar-refractivity contribution in [3.05, 3.63) is 45.4 Å². The molecule has 0 aliphatic heterocycles. The number of carboxylic acid groups (broad SMARTS) is 1. The zero-order chi connectivity index (χ0) is 14.9. The highest BCUT2D eigenvalue weighted by Crippen LogP contribution is 2.22. The van der Waals surface area contributed by atoms with Crippen LogP contribution < -0.4 is 0 Å². The molecular weight excluding hydrogens is 298 g/mol. The fraction of sp³-hybridized carbons (Fsp3) is 0.231. The Labute approximate surface area is 120 Å². The predicted octanol–water partition coefficient (Wildman–Crippen LogP) is 2.43. The van der Waals surface area contributed by atoms with E-state index in [0.717, 1.165) is 10.6 Å².